The van der Waals surface area contributed by atoms with E-state index in [0.29, 0.717) is 12.6 Å². The highest BCUT2D eigenvalue weighted by atomic mass is 19.4. The lowest BCUT2D eigenvalue weighted by molar-refractivity contribution is -0.263. The molecule has 20 heavy (non-hydrogen) atoms. The van der Waals surface area contributed by atoms with Gasteiger partial charge in [-0.1, -0.05) is 0 Å². The Hall–Kier alpha value is -1.77. The Morgan fingerprint density at radius 1 is 1.50 bits per heavy atom. The van der Waals surface area contributed by atoms with Crippen molar-refractivity contribution < 1.29 is 28.2 Å². The van der Waals surface area contributed by atoms with E-state index in [1.165, 1.54) is 10.8 Å². The fourth-order valence-electron chi connectivity index (χ4n) is 2.30. The smallest absolute Gasteiger partial charge is 0.424 e. The van der Waals surface area contributed by atoms with Gasteiger partial charge in [0, 0.05) is 6.54 Å². The molecule has 1 aliphatic heterocycles. The zero-order valence-electron chi connectivity index (χ0n) is 10.8. The Kier molecular flexibility index (Phi) is 3.20. The molecule has 0 radical (unpaired) electrons. The molecule has 9 heteroatoms. The van der Waals surface area contributed by atoms with Crippen molar-refractivity contribution in [1.82, 2.24) is 14.5 Å². The van der Waals surface area contributed by atoms with Gasteiger partial charge < -0.3 is 19.7 Å². The van der Waals surface area contributed by atoms with Crippen LogP contribution in [-0.2, 0) is 12.1 Å². The quantitative estimate of drug-likeness (QED) is 0.826. The molecule has 1 aromatic rings. The van der Waals surface area contributed by atoms with Crippen molar-refractivity contribution in [2.45, 2.75) is 38.2 Å². The number of imidazole rings is 1. The number of fused-ring (bicyclic) bond motifs is 1. The highest BCUT2D eigenvalue weighted by molar-refractivity contribution is 5.65. The third kappa shape index (κ3) is 2.11. The van der Waals surface area contributed by atoms with Crippen LogP contribution in [0.1, 0.15) is 31.4 Å². The van der Waals surface area contributed by atoms with Gasteiger partial charge in [-0.15, -0.1) is 0 Å². The first-order chi connectivity index (χ1) is 9.05. The molecule has 0 saturated carbocycles. The maximum absolute atomic E-state index is 12.9. The molecular formula is C11H14F3N3O3. The molecule has 2 heterocycles. The van der Waals surface area contributed by atoms with Crippen LogP contribution in [0.3, 0.4) is 0 Å². The van der Waals surface area contributed by atoms with Crippen LogP contribution in [0, 0.1) is 0 Å². The summed E-state index contributed by atoms with van der Waals surface area (Å²) in [5.41, 5.74) is -2.75. The standard InChI is InChI=1S/C11H14F3N3O3/c1-6-4-16(9(18)19)5-7-3-15-8(17(6)7)10(2,20)11(12,13)14/h3,6,20H,4-5H2,1-2H3,(H,18,19)/t6-,10?/m0/s1. The van der Waals surface area contributed by atoms with E-state index in [2.05, 4.69) is 4.98 Å². The number of amides is 1. The van der Waals surface area contributed by atoms with Gasteiger partial charge in [-0.3, -0.25) is 0 Å². The fraction of sp³-hybridized carbons (Fsp3) is 0.636. The molecule has 0 aliphatic carbocycles. The van der Waals surface area contributed by atoms with Crippen LogP contribution in [0.5, 0.6) is 0 Å². The molecule has 0 spiro atoms. The molecule has 0 aromatic carbocycles. The van der Waals surface area contributed by atoms with Crippen molar-refractivity contribution in [3.05, 3.63) is 17.7 Å². The van der Waals surface area contributed by atoms with Gasteiger partial charge in [0.15, 0.2) is 5.82 Å². The summed E-state index contributed by atoms with van der Waals surface area (Å²) in [7, 11) is 0. The van der Waals surface area contributed by atoms with Crippen molar-refractivity contribution in [3.8, 4) is 0 Å². The Morgan fingerprint density at radius 3 is 2.60 bits per heavy atom. The maximum Gasteiger partial charge on any atom is 0.424 e. The van der Waals surface area contributed by atoms with E-state index in [-0.39, 0.29) is 13.1 Å². The SMILES string of the molecule is C[C@H]1CN(C(=O)O)Cc2cnc(C(C)(O)C(F)(F)F)n21. The van der Waals surface area contributed by atoms with Crippen molar-refractivity contribution in [3.63, 3.8) is 0 Å². The average molecular weight is 293 g/mol. The van der Waals surface area contributed by atoms with E-state index in [1.807, 2.05) is 0 Å². The second-order valence-electron chi connectivity index (χ2n) is 5.03. The molecule has 6 nitrogen and oxygen atoms in total. The number of hydrogen-bond donors (Lipinski definition) is 2. The normalized spacial score (nSPS) is 22.3. The summed E-state index contributed by atoms with van der Waals surface area (Å²) < 4.78 is 39.9. The number of carboxylic acid groups (broad SMARTS) is 1. The summed E-state index contributed by atoms with van der Waals surface area (Å²) in [4.78, 5) is 15.7. The minimum Gasteiger partial charge on any atom is -0.465 e. The minimum atomic E-state index is -4.86. The van der Waals surface area contributed by atoms with Gasteiger partial charge in [0.2, 0.25) is 5.60 Å². The largest absolute Gasteiger partial charge is 0.465 e. The third-order valence-electron chi connectivity index (χ3n) is 3.41. The van der Waals surface area contributed by atoms with Gasteiger partial charge in [0.05, 0.1) is 24.5 Å². The van der Waals surface area contributed by atoms with E-state index >= 15 is 0 Å². The third-order valence-corrected chi connectivity index (χ3v) is 3.41. The Bertz CT molecular complexity index is 539. The predicted octanol–water partition coefficient (Wildman–Crippen LogP) is 1.71. The van der Waals surface area contributed by atoms with Crippen LogP contribution in [-0.4, -0.2) is 43.5 Å². The monoisotopic (exact) mass is 293 g/mol. The molecule has 1 aromatic heterocycles. The number of carbonyl (C=O) groups is 1. The highest BCUT2D eigenvalue weighted by Crippen LogP contribution is 2.39. The van der Waals surface area contributed by atoms with Gasteiger partial charge in [-0.2, -0.15) is 13.2 Å². The summed E-state index contributed by atoms with van der Waals surface area (Å²) in [5, 5.41) is 18.7. The molecular weight excluding hydrogens is 279 g/mol. The first kappa shape index (κ1) is 14.6. The van der Waals surface area contributed by atoms with Crippen LogP contribution < -0.4 is 0 Å². The minimum absolute atomic E-state index is 0.0413. The lowest BCUT2D eigenvalue weighted by atomic mass is 10.0. The Balaban J connectivity index is 2.46. The number of nitrogens with zero attached hydrogens (tertiary/aromatic N) is 3. The molecule has 2 N–H and O–H groups in total. The van der Waals surface area contributed by atoms with Gasteiger partial charge in [-0.25, -0.2) is 9.78 Å². The Morgan fingerprint density at radius 2 is 2.10 bits per heavy atom. The second kappa shape index (κ2) is 4.37. The number of aliphatic hydroxyl groups is 1. The molecule has 1 unspecified atom stereocenters. The van der Waals surface area contributed by atoms with Crippen LogP contribution in [0.25, 0.3) is 0 Å². The van der Waals surface area contributed by atoms with E-state index in [9.17, 15) is 23.1 Å². The molecule has 0 bridgehead atoms. The van der Waals surface area contributed by atoms with Crippen LogP contribution >= 0.6 is 0 Å². The van der Waals surface area contributed by atoms with Crippen LogP contribution in [0.2, 0.25) is 0 Å². The van der Waals surface area contributed by atoms with E-state index in [1.54, 1.807) is 6.92 Å². The van der Waals surface area contributed by atoms with Crippen molar-refractivity contribution in [2.75, 3.05) is 6.54 Å². The molecule has 112 valence electrons. The summed E-state index contributed by atoms with van der Waals surface area (Å²) >= 11 is 0. The lowest BCUT2D eigenvalue weighted by Crippen LogP contribution is -2.45. The number of aromatic nitrogens is 2. The zero-order chi connectivity index (χ0) is 15.3. The molecule has 1 amide bonds. The van der Waals surface area contributed by atoms with Crippen LogP contribution in [0.4, 0.5) is 18.0 Å². The predicted molar refractivity (Wildman–Crippen MR) is 61.0 cm³/mol. The topological polar surface area (TPSA) is 78.6 Å². The summed E-state index contributed by atoms with van der Waals surface area (Å²) in [6, 6.07) is -0.541. The molecule has 2 rings (SSSR count). The van der Waals surface area contributed by atoms with E-state index in [4.69, 9.17) is 5.11 Å². The number of hydrogen-bond acceptors (Lipinski definition) is 3. The number of rotatable bonds is 1. The Labute approximate surface area is 112 Å². The van der Waals surface area contributed by atoms with Crippen LogP contribution in [0.15, 0.2) is 6.20 Å². The molecule has 1 aliphatic rings. The van der Waals surface area contributed by atoms with E-state index in [0.717, 1.165) is 4.90 Å². The average Bonchev–Trinajstić information content (AvgIpc) is 2.71. The second-order valence-corrected chi connectivity index (χ2v) is 5.03. The summed E-state index contributed by atoms with van der Waals surface area (Å²) in [5.74, 6) is -0.516. The number of alkyl halides is 3. The van der Waals surface area contributed by atoms with Crippen molar-refractivity contribution in [2.24, 2.45) is 0 Å². The maximum atomic E-state index is 12.9. The lowest BCUT2D eigenvalue weighted by Gasteiger charge is -2.34. The van der Waals surface area contributed by atoms with Gasteiger partial charge >= 0.3 is 12.3 Å². The molecule has 0 saturated heterocycles. The highest BCUT2D eigenvalue weighted by Gasteiger charge is 2.54. The molecule has 2 atom stereocenters. The van der Waals surface area contributed by atoms with Gasteiger partial charge in [-0.05, 0) is 13.8 Å². The fourth-order valence-corrected chi connectivity index (χ4v) is 2.30. The van der Waals surface area contributed by atoms with Gasteiger partial charge in [0.1, 0.15) is 0 Å². The van der Waals surface area contributed by atoms with Crippen molar-refractivity contribution >= 4 is 6.09 Å². The number of halogens is 3. The molecule has 0 fully saturated rings. The van der Waals surface area contributed by atoms with E-state index < -0.39 is 29.7 Å². The first-order valence-electron chi connectivity index (χ1n) is 5.89. The summed E-state index contributed by atoms with van der Waals surface area (Å²) in [6.07, 6.45) is -4.84. The summed E-state index contributed by atoms with van der Waals surface area (Å²) in [6.45, 7) is 2.20. The zero-order valence-corrected chi connectivity index (χ0v) is 10.8. The van der Waals surface area contributed by atoms with Gasteiger partial charge in [0.25, 0.3) is 0 Å². The van der Waals surface area contributed by atoms with Crippen molar-refractivity contribution in [1.29, 1.82) is 0 Å². The first-order valence-corrected chi connectivity index (χ1v) is 5.89.